The molecule has 116 valence electrons. The molecule has 1 aliphatic heterocycles. The molecule has 0 spiro atoms. The number of para-hydroxylation sites is 1. The van der Waals surface area contributed by atoms with Crippen LogP contribution in [0.15, 0.2) is 24.3 Å². The topological polar surface area (TPSA) is 66.8 Å². The minimum Gasteiger partial charge on any atom is -0.480 e. The number of aliphatic carboxylic acids is 1. The smallest absolute Gasteiger partial charge is 0.415 e. The quantitative estimate of drug-likeness (QED) is 0.912. The Kier molecular flexibility index (Phi) is 2.93. The molecule has 0 saturated heterocycles. The number of hydrogen-bond acceptors (Lipinski definition) is 3. The zero-order valence-corrected chi connectivity index (χ0v) is 12.3. The standard InChI is InChI=1S/C17H19NO4/c19-15(20)14-9-12-3-1-2-4-13(12)18(14)16(21)22-17-7-5-11(10-17)6-8-17/h1-4,11,14H,5-10H2,(H,19,20)/t11?,14-,17?/m1/s1. The molecule has 2 fully saturated rings. The summed E-state index contributed by atoms with van der Waals surface area (Å²) in [4.78, 5) is 25.6. The van der Waals surface area contributed by atoms with Gasteiger partial charge in [0.1, 0.15) is 11.6 Å². The Bertz CT molecular complexity index is 633. The van der Waals surface area contributed by atoms with Crippen LogP contribution < -0.4 is 4.90 Å². The third kappa shape index (κ3) is 1.99. The number of anilines is 1. The van der Waals surface area contributed by atoms with Crippen LogP contribution in [-0.4, -0.2) is 28.8 Å². The largest absolute Gasteiger partial charge is 0.480 e. The molecule has 4 rings (SSSR count). The Balaban J connectivity index is 1.61. The van der Waals surface area contributed by atoms with Crippen molar-refractivity contribution >= 4 is 17.7 Å². The first-order chi connectivity index (χ1) is 10.6. The highest BCUT2D eigenvalue weighted by Crippen LogP contribution is 2.50. The highest BCUT2D eigenvalue weighted by Gasteiger charge is 2.50. The van der Waals surface area contributed by atoms with Crippen LogP contribution in [0.3, 0.4) is 0 Å². The first kappa shape index (κ1) is 13.6. The van der Waals surface area contributed by atoms with E-state index >= 15 is 0 Å². The van der Waals surface area contributed by atoms with Gasteiger partial charge in [0.2, 0.25) is 0 Å². The Morgan fingerprint density at radius 2 is 1.95 bits per heavy atom. The van der Waals surface area contributed by atoms with E-state index in [0.717, 1.165) is 37.7 Å². The number of carbonyl (C=O) groups excluding carboxylic acids is 1. The van der Waals surface area contributed by atoms with Crippen molar-refractivity contribution < 1.29 is 19.4 Å². The van der Waals surface area contributed by atoms with E-state index in [9.17, 15) is 14.7 Å². The van der Waals surface area contributed by atoms with Gasteiger partial charge in [0, 0.05) is 6.42 Å². The summed E-state index contributed by atoms with van der Waals surface area (Å²) in [5.41, 5.74) is 1.21. The highest BCUT2D eigenvalue weighted by atomic mass is 16.6. The minimum absolute atomic E-state index is 0.343. The summed E-state index contributed by atoms with van der Waals surface area (Å²) < 4.78 is 5.83. The fourth-order valence-electron chi connectivity index (χ4n) is 4.33. The van der Waals surface area contributed by atoms with Crippen molar-refractivity contribution in [1.82, 2.24) is 0 Å². The third-order valence-electron chi connectivity index (χ3n) is 5.44. The van der Waals surface area contributed by atoms with E-state index in [1.807, 2.05) is 18.2 Å². The molecule has 2 bridgehead atoms. The summed E-state index contributed by atoms with van der Waals surface area (Å²) in [6.45, 7) is 0. The number of rotatable bonds is 2. The lowest BCUT2D eigenvalue weighted by Gasteiger charge is -2.31. The summed E-state index contributed by atoms with van der Waals surface area (Å²) in [7, 11) is 0. The number of ether oxygens (including phenoxy) is 1. The van der Waals surface area contributed by atoms with Crippen LogP contribution in [0.4, 0.5) is 10.5 Å². The summed E-state index contributed by atoms with van der Waals surface area (Å²) in [6, 6.07) is 6.49. The van der Waals surface area contributed by atoms with Crippen molar-refractivity contribution in [2.45, 2.75) is 50.2 Å². The highest BCUT2D eigenvalue weighted by molar-refractivity contribution is 5.98. The van der Waals surface area contributed by atoms with E-state index < -0.39 is 18.1 Å². The van der Waals surface area contributed by atoms with Gasteiger partial charge in [0.05, 0.1) is 5.69 Å². The molecule has 0 unspecified atom stereocenters. The maximum atomic E-state index is 12.7. The van der Waals surface area contributed by atoms with Crippen LogP contribution in [0.2, 0.25) is 0 Å². The second kappa shape index (κ2) is 4.73. The lowest BCUT2D eigenvalue weighted by atomic mass is 9.97. The summed E-state index contributed by atoms with van der Waals surface area (Å²) in [6.07, 6.45) is 4.84. The molecule has 22 heavy (non-hydrogen) atoms. The number of carboxylic acid groups (broad SMARTS) is 1. The fourth-order valence-corrected chi connectivity index (χ4v) is 4.33. The second-order valence-electron chi connectivity index (χ2n) is 6.76. The molecule has 5 heteroatoms. The molecule has 0 aromatic heterocycles. The maximum absolute atomic E-state index is 12.7. The zero-order valence-electron chi connectivity index (χ0n) is 12.3. The molecule has 1 aromatic rings. The van der Waals surface area contributed by atoms with E-state index in [0.29, 0.717) is 18.0 Å². The summed E-state index contributed by atoms with van der Waals surface area (Å²) in [5, 5.41) is 9.45. The van der Waals surface area contributed by atoms with Gasteiger partial charge in [-0.25, -0.2) is 9.59 Å². The molecule has 5 nitrogen and oxygen atoms in total. The fraction of sp³-hybridized carbons (Fsp3) is 0.529. The van der Waals surface area contributed by atoms with Gasteiger partial charge in [-0.3, -0.25) is 4.90 Å². The van der Waals surface area contributed by atoms with Gasteiger partial charge >= 0.3 is 12.1 Å². The number of fused-ring (bicyclic) bond motifs is 3. The van der Waals surface area contributed by atoms with Crippen molar-refractivity contribution in [2.75, 3.05) is 4.90 Å². The van der Waals surface area contributed by atoms with E-state index in [1.54, 1.807) is 6.07 Å². The van der Waals surface area contributed by atoms with Crippen molar-refractivity contribution in [3.05, 3.63) is 29.8 Å². The molecule has 1 N–H and O–H groups in total. The molecule has 1 heterocycles. The van der Waals surface area contributed by atoms with Crippen molar-refractivity contribution in [3.8, 4) is 0 Å². The van der Waals surface area contributed by atoms with Crippen LogP contribution >= 0.6 is 0 Å². The number of nitrogens with zero attached hydrogens (tertiary/aromatic N) is 1. The van der Waals surface area contributed by atoms with Gasteiger partial charge in [-0.1, -0.05) is 18.2 Å². The number of carboxylic acids is 1. The number of carbonyl (C=O) groups is 2. The zero-order chi connectivity index (χ0) is 15.3. The van der Waals surface area contributed by atoms with Crippen LogP contribution in [0.5, 0.6) is 0 Å². The van der Waals surface area contributed by atoms with E-state index in [1.165, 1.54) is 4.90 Å². The normalized spacial score (nSPS) is 32.1. The Morgan fingerprint density at radius 3 is 2.59 bits per heavy atom. The lowest BCUT2D eigenvalue weighted by molar-refractivity contribution is -0.138. The minimum atomic E-state index is -0.985. The average molecular weight is 301 g/mol. The Morgan fingerprint density at radius 1 is 1.23 bits per heavy atom. The lowest BCUT2D eigenvalue weighted by Crippen LogP contribution is -2.46. The van der Waals surface area contributed by atoms with E-state index in [-0.39, 0.29) is 5.60 Å². The number of amides is 1. The molecule has 1 amide bonds. The first-order valence-electron chi connectivity index (χ1n) is 7.91. The molecule has 1 atom stereocenters. The Hall–Kier alpha value is -2.04. The first-order valence-corrected chi connectivity index (χ1v) is 7.91. The molecule has 0 radical (unpaired) electrons. The van der Waals surface area contributed by atoms with Gasteiger partial charge in [0.15, 0.2) is 0 Å². The predicted octanol–water partition coefficient (Wildman–Crippen LogP) is 2.97. The maximum Gasteiger partial charge on any atom is 0.415 e. The monoisotopic (exact) mass is 301 g/mol. The Labute approximate surface area is 128 Å². The molecular weight excluding hydrogens is 282 g/mol. The van der Waals surface area contributed by atoms with E-state index in [2.05, 4.69) is 0 Å². The molecular formula is C17H19NO4. The molecule has 2 saturated carbocycles. The van der Waals surface area contributed by atoms with Crippen molar-refractivity contribution in [1.29, 1.82) is 0 Å². The molecule has 3 aliphatic rings. The van der Waals surface area contributed by atoms with Crippen molar-refractivity contribution in [3.63, 3.8) is 0 Å². The predicted molar refractivity (Wildman–Crippen MR) is 79.8 cm³/mol. The average Bonchev–Trinajstić information content (AvgIpc) is 3.18. The van der Waals surface area contributed by atoms with Crippen LogP contribution in [0.25, 0.3) is 0 Å². The van der Waals surface area contributed by atoms with Gasteiger partial charge in [-0.15, -0.1) is 0 Å². The van der Waals surface area contributed by atoms with Crippen LogP contribution in [0, 0.1) is 5.92 Å². The summed E-state index contributed by atoms with van der Waals surface area (Å²) in [5.74, 6) is -0.310. The van der Waals surface area contributed by atoms with Gasteiger partial charge < -0.3 is 9.84 Å². The summed E-state index contributed by atoms with van der Waals surface area (Å²) >= 11 is 0. The van der Waals surface area contributed by atoms with Crippen LogP contribution in [0.1, 0.15) is 37.7 Å². The SMILES string of the molecule is O=C(O)[C@H]1Cc2ccccc2N1C(=O)OC12CCC(CC1)C2. The third-order valence-corrected chi connectivity index (χ3v) is 5.44. The number of hydrogen-bond donors (Lipinski definition) is 1. The van der Waals surface area contributed by atoms with Gasteiger partial charge in [-0.05, 0) is 49.7 Å². The molecule has 2 aliphatic carbocycles. The van der Waals surface area contributed by atoms with Gasteiger partial charge in [-0.2, -0.15) is 0 Å². The van der Waals surface area contributed by atoms with Crippen LogP contribution in [-0.2, 0) is 16.0 Å². The second-order valence-corrected chi connectivity index (χ2v) is 6.76. The van der Waals surface area contributed by atoms with Gasteiger partial charge in [0.25, 0.3) is 0 Å². The van der Waals surface area contributed by atoms with Crippen molar-refractivity contribution in [2.24, 2.45) is 5.92 Å². The molecule has 1 aromatic carbocycles. The van der Waals surface area contributed by atoms with E-state index in [4.69, 9.17) is 4.74 Å². The number of benzene rings is 1.